The fraction of sp³-hybridized carbons (Fsp3) is 0.0571. The van der Waals surface area contributed by atoms with Gasteiger partial charge in [-0.3, -0.25) is 14.9 Å². The minimum Gasteiger partial charge on any atom is -0.489 e. The van der Waals surface area contributed by atoms with E-state index in [-0.39, 0.29) is 5.57 Å². The third-order valence-corrected chi connectivity index (χ3v) is 7.22. The van der Waals surface area contributed by atoms with E-state index >= 15 is 0 Å². The molecule has 0 spiro atoms. The summed E-state index contributed by atoms with van der Waals surface area (Å²) in [5, 5.41) is 4.64. The second-order valence-electron chi connectivity index (χ2n) is 9.84. The number of carbonyl (C=O) groups is 3. The number of anilines is 1. The zero-order valence-corrected chi connectivity index (χ0v) is 23.6. The summed E-state index contributed by atoms with van der Waals surface area (Å²) < 4.78 is 12.0. The van der Waals surface area contributed by atoms with Gasteiger partial charge in [-0.15, -0.1) is 0 Å². The van der Waals surface area contributed by atoms with Crippen molar-refractivity contribution in [3.05, 3.63) is 143 Å². The van der Waals surface area contributed by atoms with Crippen LogP contribution in [-0.4, -0.2) is 17.8 Å². The largest absolute Gasteiger partial charge is 0.489 e. The summed E-state index contributed by atoms with van der Waals surface area (Å²) in [6, 6.07) is 34.0. The van der Waals surface area contributed by atoms with Gasteiger partial charge < -0.3 is 9.47 Å². The Morgan fingerprint density at radius 2 is 1.37 bits per heavy atom. The average Bonchev–Trinajstić information content (AvgIpc) is 3.03. The maximum Gasteiger partial charge on any atom is 0.335 e. The molecule has 43 heavy (non-hydrogen) atoms. The lowest BCUT2D eigenvalue weighted by Gasteiger charge is -2.26. The molecule has 1 fully saturated rings. The summed E-state index contributed by atoms with van der Waals surface area (Å²) in [5.74, 6) is -0.477. The van der Waals surface area contributed by atoms with Crippen LogP contribution in [0.4, 0.5) is 10.5 Å². The van der Waals surface area contributed by atoms with Crippen LogP contribution in [0.15, 0.2) is 121 Å². The van der Waals surface area contributed by atoms with Gasteiger partial charge in [-0.05, 0) is 70.4 Å². The molecule has 0 radical (unpaired) electrons. The standard InChI is InChI=1S/C35H25ClN2O5/c36-26-13-10-24(11-14-26)21-42-28-17-15-27(16-18-28)38-34(40)31(33(39)37-35(38)41)20-30-29-9-5-4-8-25(29)12-19-32(30)43-22-23-6-2-1-3-7-23/h1-20H,21-22H2,(H,37,39,41)/b31-20+. The van der Waals surface area contributed by atoms with Crippen molar-refractivity contribution in [2.75, 3.05) is 4.90 Å². The number of carbonyl (C=O) groups excluding carboxylic acids is 3. The van der Waals surface area contributed by atoms with Gasteiger partial charge in [-0.2, -0.15) is 0 Å². The molecule has 1 aliphatic heterocycles. The van der Waals surface area contributed by atoms with Crippen LogP contribution in [-0.2, 0) is 22.8 Å². The molecule has 6 rings (SSSR count). The SMILES string of the molecule is O=C1NC(=O)N(c2ccc(OCc3ccc(Cl)cc3)cc2)C(=O)/C1=C/c1c(OCc2ccccc2)ccc2ccccc12. The summed E-state index contributed by atoms with van der Waals surface area (Å²) >= 11 is 5.94. The molecule has 1 saturated heterocycles. The summed E-state index contributed by atoms with van der Waals surface area (Å²) in [4.78, 5) is 40.5. The highest BCUT2D eigenvalue weighted by Gasteiger charge is 2.37. The third-order valence-electron chi connectivity index (χ3n) is 6.97. The molecule has 212 valence electrons. The number of benzene rings is 5. The number of halogens is 1. The predicted octanol–water partition coefficient (Wildman–Crippen LogP) is 7.32. The van der Waals surface area contributed by atoms with Crippen LogP contribution in [0.3, 0.4) is 0 Å². The van der Waals surface area contributed by atoms with Gasteiger partial charge in [0, 0.05) is 10.6 Å². The molecule has 1 heterocycles. The number of imide groups is 2. The zero-order valence-electron chi connectivity index (χ0n) is 22.8. The first-order valence-electron chi connectivity index (χ1n) is 13.5. The van der Waals surface area contributed by atoms with Crippen LogP contribution < -0.4 is 19.7 Å². The highest BCUT2D eigenvalue weighted by Crippen LogP contribution is 2.32. The number of amides is 4. The Labute approximate surface area is 252 Å². The molecule has 0 bridgehead atoms. The van der Waals surface area contributed by atoms with Gasteiger partial charge in [-0.1, -0.05) is 84.4 Å². The molecule has 0 saturated carbocycles. The maximum atomic E-state index is 13.7. The van der Waals surface area contributed by atoms with E-state index in [0.717, 1.165) is 26.8 Å². The normalized spacial score (nSPS) is 14.2. The predicted molar refractivity (Wildman–Crippen MR) is 166 cm³/mol. The molecule has 5 aromatic rings. The molecule has 0 atom stereocenters. The van der Waals surface area contributed by atoms with Crippen LogP contribution in [0.2, 0.25) is 5.02 Å². The number of fused-ring (bicyclic) bond motifs is 1. The van der Waals surface area contributed by atoms with Crippen molar-refractivity contribution in [3.63, 3.8) is 0 Å². The second kappa shape index (κ2) is 12.2. The molecule has 4 amide bonds. The van der Waals surface area contributed by atoms with Crippen LogP contribution >= 0.6 is 11.6 Å². The highest BCUT2D eigenvalue weighted by atomic mass is 35.5. The first-order valence-corrected chi connectivity index (χ1v) is 13.9. The fourth-order valence-electron chi connectivity index (χ4n) is 4.76. The zero-order chi connectivity index (χ0) is 29.8. The van der Waals surface area contributed by atoms with Gasteiger partial charge >= 0.3 is 6.03 Å². The average molecular weight is 589 g/mol. The van der Waals surface area contributed by atoms with E-state index in [1.165, 1.54) is 6.08 Å². The molecule has 0 aromatic heterocycles. The van der Waals surface area contributed by atoms with Crippen LogP contribution in [0.25, 0.3) is 16.8 Å². The number of hydrogen-bond donors (Lipinski definition) is 1. The van der Waals surface area contributed by atoms with E-state index in [0.29, 0.717) is 41.0 Å². The Bertz CT molecular complexity index is 1850. The summed E-state index contributed by atoms with van der Waals surface area (Å²) in [6.07, 6.45) is 1.49. The number of urea groups is 1. The van der Waals surface area contributed by atoms with Gasteiger partial charge in [0.2, 0.25) is 0 Å². The number of nitrogens with one attached hydrogen (secondary N) is 1. The van der Waals surface area contributed by atoms with E-state index in [1.54, 1.807) is 36.4 Å². The summed E-state index contributed by atoms with van der Waals surface area (Å²) in [5.41, 5.74) is 2.57. The van der Waals surface area contributed by atoms with Crippen molar-refractivity contribution in [1.29, 1.82) is 0 Å². The minimum absolute atomic E-state index is 0.191. The quantitative estimate of drug-likeness (QED) is 0.152. The first-order chi connectivity index (χ1) is 21.0. The van der Waals surface area contributed by atoms with Crippen molar-refractivity contribution < 1.29 is 23.9 Å². The van der Waals surface area contributed by atoms with Gasteiger partial charge in [0.05, 0.1) is 5.69 Å². The molecule has 8 heteroatoms. The smallest absolute Gasteiger partial charge is 0.335 e. The minimum atomic E-state index is -0.833. The van der Waals surface area contributed by atoms with Crippen molar-refractivity contribution in [2.45, 2.75) is 13.2 Å². The second-order valence-corrected chi connectivity index (χ2v) is 10.3. The van der Waals surface area contributed by atoms with E-state index in [2.05, 4.69) is 5.32 Å². The third kappa shape index (κ3) is 6.12. The van der Waals surface area contributed by atoms with E-state index in [4.69, 9.17) is 21.1 Å². The van der Waals surface area contributed by atoms with Gasteiger partial charge in [0.25, 0.3) is 11.8 Å². The number of nitrogens with zero attached hydrogens (tertiary/aromatic N) is 1. The van der Waals surface area contributed by atoms with Crippen LogP contribution in [0, 0.1) is 0 Å². The Morgan fingerprint density at radius 3 is 2.14 bits per heavy atom. The number of hydrogen-bond acceptors (Lipinski definition) is 5. The van der Waals surface area contributed by atoms with E-state index in [9.17, 15) is 14.4 Å². The fourth-order valence-corrected chi connectivity index (χ4v) is 4.89. The maximum absolute atomic E-state index is 13.7. The molecule has 1 N–H and O–H groups in total. The molecule has 0 aliphatic carbocycles. The van der Waals surface area contributed by atoms with Crippen molar-refractivity contribution in [1.82, 2.24) is 5.32 Å². The monoisotopic (exact) mass is 588 g/mol. The number of rotatable bonds is 8. The Hall–Kier alpha value is -5.40. The summed E-state index contributed by atoms with van der Waals surface area (Å²) in [6.45, 7) is 0.618. The highest BCUT2D eigenvalue weighted by molar-refractivity contribution is 6.39. The van der Waals surface area contributed by atoms with Crippen molar-refractivity contribution in [2.24, 2.45) is 0 Å². The van der Waals surface area contributed by atoms with Crippen LogP contribution in [0.1, 0.15) is 16.7 Å². The Balaban J connectivity index is 1.29. The number of barbiturate groups is 1. The topological polar surface area (TPSA) is 84.9 Å². The Morgan fingerprint density at radius 1 is 0.698 bits per heavy atom. The van der Waals surface area contributed by atoms with Crippen LogP contribution in [0.5, 0.6) is 11.5 Å². The summed E-state index contributed by atoms with van der Waals surface area (Å²) in [7, 11) is 0. The lowest BCUT2D eigenvalue weighted by atomic mass is 9.99. The molecule has 5 aromatic carbocycles. The molecule has 7 nitrogen and oxygen atoms in total. The molecular formula is C35H25ClN2O5. The van der Waals surface area contributed by atoms with Crippen molar-refractivity contribution >= 4 is 52.0 Å². The molecule has 1 aliphatic rings. The van der Waals surface area contributed by atoms with Crippen molar-refractivity contribution in [3.8, 4) is 11.5 Å². The van der Waals surface area contributed by atoms with E-state index < -0.39 is 17.8 Å². The van der Waals surface area contributed by atoms with E-state index in [1.807, 2.05) is 78.9 Å². The lowest BCUT2D eigenvalue weighted by Crippen LogP contribution is -2.54. The van der Waals surface area contributed by atoms with Gasteiger partial charge in [0.1, 0.15) is 30.3 Å². The molecular weight excluding hydrogens is 564 g/mol. The van der Waals surface area contributed by atoms with Gasteiger partial charge in [-0.25, -0.2) is 9.69 Å². The Kier molecular flexibility index (Phi) is 7.89. The lowest BCUT2D eigenvalue weighted by molar-refractivity contribution is -0.122. The van der Waals surface area contributed by atoms with Gasteiger partial charge in [0.15, 0.2) is 0 Å². The number of ether oxygens (including phenoxy) is 2. The molecule has 0 unspecified atom stereocenters. The first kappa shape index (κ1) is 27.8.